The lowest BCUT2D eigenvalue weighted by Crippen LogP contribution is -1.87. The zero-order valence-electron chi connectivity index (χ0n) is 8.03. The summed E-state index contributed by atoms with van der Waals surface area (Å²) in [4.78, 5) is 4.18. The van der Waals surface area contributed by atoms with E-state index in [0.29, 0.717) is 0 Å². The van der Waals surface area contributed by atoms with Crippen molar-refractivity contribution >= 4 is 5.69 Å². The van der Waals surface area contributed by atoms with Crippen molar-refractivity contribution in [2.45, 2.75) is 13.3 Å². The Bertz CT molecular complexity index is 434. The summed E-state index contributed by atoms with van der Waals surface area (Å²) >= 11 is 0. The van der Waals surface area contributed by atoms with Gasteiger partial charge in [0.2, 0.25) is 0 Å². The number of hydrogen-bond donors (Lipinski definition) is 1. The topological polar surface area (TPSA) is 52.0 Å². The van der Waals surface area contributed by atoms with Crippen LogP contribution in [0, 0.1) is 0 Å². The zero-order chi connectivity index (χ0) is 9.97. The number of aryl methyl sites for hydroxylation is 1. The van der Waals surface area contributed by atoms with E-state index in [9.17, 15) is 0 Å². The Balaban J connectivity index is 2.49. The number of nitrogens with two attached hydrogens (primary N) is 1. The van der Waals surface area contributed by atoms with Gasteiger partial charge in [-0.2, -0.15) is 0 Å². The molecule has 1 heterocycles. The van der Waals surface area contributed by atoms with Crippen LogP contribution < -0.4 is 5.73 Å². The predicted octanol–water partition coefficient (Wildman–Crippen LogP) is 2.49. The second-order valence-electron chi connectivity index (χ2n) is 3.10. The predicted molar refractivity (Wildman–Crippen MR) is 55.7 cm³/mol. The number of anilines is 1. The number of aromatic nitrogens is 1. The van der Waals surface area contributed by atoms with Crippen LogP contribution in [0.2, 0.25) is 0 Å². The van der Waals surface area contributed by atoms with Crippen molar-refractivity contribution < 1.29 is 4.42 Å². The van der Waals surface area contributed by atoms with Crippen LogP contribution in [0.3, 0.4) is 0 Å². The van der Waals surface area contributed by atoms with Crippen molar-refractivity contribution in [2.24, 2.45) is 0 Å². The van der Waals surface area contributed by atoms with E-state index in [0.717, 1.165) is 29.1 Å². The van der Waals surface area contributed by atoms with Crippen molar-refractivity contribution in [2.75, 3.05) is 5.73 Å². The molecular formula is C11H12N2O. The van der Waals surface area contributed by atoms with Gasteiger partial charge in [0, 0.05) is 17.7 Å². The largest absolute Gasteiger partial charge is 0.448 e. The van der Waals surface area contributed by atoms with Gasteiger partial charge in [0.25, 0.3) is 0 Å². The Labute approximate surface area is 82.6 Å². The highest BCUT2D eigenvalue weighted by Gasteiger charge is 2.08. The number of hydrogen-bond acceptors (Lipinski definition) is 3. The van der Waals surface area contributed by atoms with E-state index in [2.05, 4.69) is 4.98 Å². The number of nitrogen functional groups attached to an aromatic ring is 1. The Kier molecular flexibility index (Phi) is 2.23. The van der Waals surface area contributed by atoms with Crippen molar-refractivity contribution in [3.63, 3.8) is 0 Å². The van der Waals surface area contributed by atoms with Crippen molar-refractivity contribution in [1.29, 1.82) is 0 Å². The van der Waals surface area contributed by atoms with Crippen LogP contribution >= 0.6 is 0 Å². The molecule has 0 spiro atoms. The lowest BCUT2D eigenvalue weighted by Gasteiger charge is -1.99. The molecule has 0 aliphatic heterocycles. The molecule has 2 aromatic rings. The highest BCUT2D eigenvalue weighted by atomic mass is 16.3. The second kappa shape index (κ2) is 3.54. The van der Waals surface area contributed by atoms with Gasteiger partial charge in [-0.3, -0.25) is 0 Å². The molecule has 0 unspecified atom stereocenters. The first-order valence-electron chi connectivity index (χ1n) is 4.59. The summed E-state index contributed by atoms with van der Waals surface area (Å²) in [5.74, 6) is 0.899. The minimum Gasteiger partial charge on any atom is -0.448 e. The Morgan fingerprint density at radius 3 is 3.00 bits per heavy atom. The smallest absolute Gasteiger partial charge is 0.181 e. The molecule has 0 bridgehead atoms. The summed E-state index contributed by atoms with van der Waals surface area (Å²) in [5, 5.41) is 0. The van der Waals surface area contributed by atoms with E-state index >= 15 is 0 Å². The maximum Gasteiger partial charge on any atom is 0.181 e. The van der Waals surface area contributed by atoms with Crippen LogP contribution in [0.15, 0.2) is 35.1 Å². The van der Waals surface area contributed by atoms with Gasteiger partial charge >= 0.3 is 0 Å². The third-order valence-electron chi connectivity index (χ3n) is 2.12. The van der Waals surface area contributed by atoms with Gasteiger partial charge in [-0.05, 0) is 12.1 Å². The van der Waals surface area contributed by atoms with Crippen LogP contribution in [0.5, 0.6) is 0 Å². The molecule has 1 aromatic carbocycles. The van der Waals surface area contributed by atoms with Crippen molar-refractivity contribution in [3.8, 4) is 11.3 Å². The van der Waals surface area contributed by atoms with E-state index in [1.54, 1.807) is 0 Å². The van der Waals surface area contributed by atoms with Crippen LogP contribution in [0.1, 0.15) is 12.7 Å². The lowest BCUT2D eigenvalue weighted by atomic mass is 10.1. The van der Waals surface area contributed by atoms with E-state index in [1.165, 1.54) is 6.39 Å². The van der Waals surface area contributed by atoms with Crippen LogP contribution in [-0.2, 0) is 6.42 Å². The number of rotatable bonds is 2. The standard InChI is InChI=1S/C11H12N2O/c1-2-10-11(13-7-14-10)8-4-3-5-9(12)6-8/h3-7H,2,12H2,1H3. The summed E-state index contributed by atoms with van der Waals surface area (Å²) in [6, 6.07) is 7.65. The summed E-state index contributed by atoms with van der Waals surface area (Å²) in [6.45, 7) is 2.04. The molecule has 72 valence electrons. The van der Waals surface area contributed by atoms with Gasteiger partial charge in [-0.15, -0.1) is 0 Å². The van der Waals surface area contributed by atoms with Gasteiger partial charge in [0.1, 0.15) is 11.5 Å². The summed E-state index contributed by atoms with van der Waals surface area (Å²) in [6.07, 6.45) is 2.31. The molecule has 0 saturated carbocycles. The van der Waals surface area contributed by atoms with Gasteiger partial charge in [-0.1, -0.05) is 19.1 Å². The Morgan fingerprint density at radius 1 is 1.43 bits per heavy atom. The third kappa shape index (κ3) is 1.48. The molecule has 0 radical (unpaired) electrons. The average Bonchev–Trinajstić information content (AvgIpc) is 2.65. The average molecular weight is 188 g/mol. The molecule has 2 rings (SSSR count). The van der Waals surface area contributed by atoms with Crippen LogP contribution in [0.4, 0.5) is 5.69 Å². The SMILES string of the molecule is CCc1ocnc1-c1cccc(N)c1. The molecule has 0 saturated heterocycles. The Hall–Kier alpha value is -1.77. The first-order valence-corrected chi connectivity index (χ1v) is 4.59. The van der Waals surface area contributed by atoms with Gasteiger partial charge in [0.15, 0.2) is 6.39 Å². The fraction of sp³-hybridized carbons (Fsp3) is 0.182. The minimum atomic E-state index is 0.743. The molecule has 0 atom stereocenters. The van der Waals surface area contributed by atoms with Crippen LogP contribution in [0.25, 0.3) is 11.3 Å². The fourth-order valence-electron chi connectivity index (χ4n) is 1.44. The number of oxazole rings is 1. The Morgan fingerprint density at radius 2 is 2.29 bits per heavy atom. The van der Waals surface area contributed by atoms with E-state index < -0.39 is 0 Å². The molecule has 0 aliphatic rings. The zero-order valence-corrected chi connectivity index (χ0v) is 8.03. The molecule has 14 heavy (non-hydrogen) atoms. The lowest BCUT2D eigenvalue weighted by molar-refractivity contribution is 0.510. The molecule has 3 nitrogen and oxygen atoms in total. The first-order chi connectivity index (χ1) is 6.81. The van der Waals surface area contributed by atoms with Crippen molar-refractivity contribution in [1.82, 2.24) is 4.98 Å². The second-order valence-corrected chi connectivity index (χ2v) is 3.10. The molecule has 0 amide bonds. The normalized spacial score (nSPS) is 10.4. The monoisotopic (exact) mass is 188 g/mol. The highest BCUT2D eigenvalue weighted by Crippen LogP contribution is 2.23. The van der Waals surface area contributed by atoms with Crippen molar-refractivity contribution in [3.05, 3.63) is 36.4 Å². The number of benzene rings is 1. The molecule has 1 aromatic heterocycles. The summed E-state index contributed by atoms with van der Waals surface area (Å²) in [7, 11) is 0. The minimum absolute atomic E-state index is 0.743. The van der Waals surface area contributed by atoms with Gasteiger partial charge in [0.05, 0.1) is 0 Å². The quantitative estimate of drug-likeness (QED) is 0.736. The first kappa shape index (κ1) is 8.81. The molecule has 0 fully saturated rings. The van der Waals surface area contributed by atoms with Crippen LogP contribution in [-0.4, -0.2) is 4.98 Å². The van der Waals surface area contributed by atoms with E-state index in [-0.39, 0.29) is 0 Å². The maximum atomic E-state index is 5.70. The molecule has 0 aliphatic carbocycles. The van der Waals surface area contributed by atoms with Gasteiger partial charge in [-0.25, -0.2) is 4.98 Å². The molecule has 2 N–H and O–H groups in total. The molecular weight excluding hydrogens is 176 g/mol. The maximum absolute atomic E-state index is 5.70. The molecule has 3 heteroatoms. The third-order valence-corrected chi connectivity index (χ3v) is 2.12. The fourth-order valence-corrected chi connectivity index (χ4v) is 1.44. The summed E-state index contributed by atoms with van der Waals surface area (Å²) < 4.78 is 5.26. The van der Waals surface area contributed by atoms with E-state index in [4.69, 9.17) is 10.2 Å². The summed E-state index contributed by atoms with van der Waals surface area (Å²) in [5.41, 5.74) is 8.34. The van der Waals surface area contributed by atoms with Gasteiger partial charge < -0.3 is 10.2 Å². The van der Waals surface area contributed by atoms with E-state index in [1.807, 2.05) is 31.2 Å². The highest BCUT2D eigenvalue weighted by molar-refractivity contribution is 5.65. The number of nitrogens with zero attached hydrogens (tertiary/aromatic N) is 1.